The molecule has 0 spiro atoms. The molecule has 1 atom stereocenters. The van der Waals surface area contributed by atoms with Crippen LogP contribution < -0.4 is 5.32 Å². The fourth-order valence-electron chi connectivity index (χ4n) is 4.79. The van der Waals surface area contributed by atoms with E-state index in [4.69, 9.17) is 0 Å². The molecule has 1 heterocycles. The molecular weight excluding hydrogens is 478 g/mol. The van der Waals surface area contributed by atoms with Crippen LogP contribution in [0, 0.1) is 6.92 Å². The molecule has 0 fully saturated rings. The third-order valence-electron chi connectivity index (χ3n) is 6.87. The Kier molecular flexibility index (Phi) is 8.69. The number of imide groups is 1. The van der Waals surface area contributed by atoms with Gasteiger partial charge in [0, 0.05) is 32.5 Å². The zero-order valence-electron chi connectivity index (χ0n) is 21.9. The summed E-state index contributed by atoms with van der Waals surface area (Å²) in [7, 11) is 0. The van der Waals surface area contributed by atoms with E-state index in [0.29, 0.717) is 30.5 Å². The van der Waals surface area contributed by atoms with E-state index >= 15 is 0 Å². The van der Waals surface area contributed by atoms with Gasteiger partial charge in [-0.2, -0.15) is 0 Å². The van der Waals surface area contributed by atoms with E-state index in [-0.39, 0.29) is 43.1 Å². The average molecular weight is 512 g/mol. The first-order valence-corrected chi connectivity index (χ1v) is 13.0. The van der Waals surface area contributed by atoms with Gasteiger partial charge in [0.05, 0.1) is 11.1 Å². The SMILES string of the molecule is CCNC(=O)C(Cc1ccccc1)N(Cc1ccccc1C)C(=O)CCCN1C(=O)c2ccccc2C1=O. The van der Waals surface area contributed by atoms with Crippen molar-refractivity contribution in [1.29, 1.82) is 0 Å². The lowest BCUT2D eigenvalue weighted by Gasteiger charge is -2.32. The molecule has 0 aromatic heterocycles. The summed E-state index contributed by atoms with van der Waals surface area (Å²) in [5.74, 6) is -1.08. The Balaban J connectivity index is 1.53. The summed E-state index contributed by atoms with van der Waals surface area (Å²) in [5, 5.41) is 2.89. The number of hydrogen-bond acceptors (Lipinski definition) is 4. The molecule has 0 saturated carbocycles. The molecule has 4 rings (SSSR count). The number of carbonyl (C=O) groups excluding carboxylic acids is 4. The van der Waals surface area contributed by atoms with Gasteiger partial charge < -0.3 is 10.2 Å². The third-order valence-corrected chi connectivity index (χ3v) is 6.87. The summed E-state index contributed by atoms with van der Waals surface area (Å²) in [6, 6.07) is 23.5. The third kappa shape index (κ3) is 5.99. The van der Waals surface area contributed by atoms with E-state index in [1.54, 1.807) is 29.2 Å². The lowest BCUT2D eigenvalue weighted by molar-refractivity contribution is -0.141. The Morgan fingerprint density at radius 3 is 2.11 bits per heavy atom. The fourth-order valence-corrected chi connectivity index (χ4v) is 4.79. The van der Waals surface area contributed by atoms with Gasteiger partial charge in [0.1, 0.15) is 6.04 Å². The number of nitrogens with zero attached hydrogens (tertiary/aromatic N) is 2. The summed E-state index contributed by atoms with van der Waals surface area (Å²) in [5.41, 5.74) is 3.74. The van der Waals surface area contributed by atoms with Crippen LogP contribution in [0.3, 0.4) is 0 Å². The maximum atomic E-state index is 13.7. The van der Waals surface area contributed by atoms with Crippen LogP contribution in [0.5, 0.6) is 0 Å². The summed E-state index contributed by atoms with van der Waals surface area (Å²) >= 11 is 0. The van der Waals surface area contributed by atoms with E-state index in [1.165, 1.54) is 4.90 Å². The van der Waals surface area contributed by atoms with Crippen LogP contribution in [0.4, 0.5) is 0 Å². The van der Waals surface area contributed by atoms with E-state index in [1.807, 2.05) is 68.4 Å². The molecule has 1 N–H and O–H groups in total. The Morgan fingerprint density at radius 1 is 0.868 bits per heavy atom. The average Bonchev–Trinajstić information content (AvgIpc) is 3.17. The van der Waals surface area contributed by atoms with Crippen molar-refractivity contribution in [2.24, 2.45) is 0 Å². The first kappa shape index (κ1) is 26.8. The predicted molar refractivity (Wildman–Crippen MR) is 145 cm³/mol. The second kappa shape index (κ2) is 12.3. The Hall–Kier alpha value is -4.26. The van der Waals surface area contributed by atoms with Crippen molar-refractivity contribution in [3.63, 3.8) is 0 Å². The predicted octanol–water partition coefficient (Wildman–Crippen LogP) is 4.15. The molecule has 1 unspecified atom stereocenters. The highest BCUT2D eigenvalue weighted by molar-refractivity contribution is 6.21. The lowest BCUT2D eigenvalue weighted by Crippen LogP contribution is -2.50. The van der Waals surface area contributed by atoms with Gasteiger partial charge in [0.2, 0.25) is 11.8 Å². The summed E-state index contributed by atoms with van der Waals surface area (Å²) in [6.07, 6.45) is 0.786. The zero-order chi connectivity index (χ0) is 27.1. The standard InChI is InChI=1S/C31H33N3O4/c1-3-32-29(36)27(20-23-13-5-4-6-14-23)34(21-24-15-8-7-12-22(24)2)28(35)18-11-19-33-30(37)25-16-9-10-17-26(25)31(33)38/h4-10,12-17,27H,3,11,18-21H2,1-2H3,(H,32,36). The van der Waals surface area contributed by atoms with Crippen molar-refractivity contribution in [3.05, 3.63) is 107 Å². The highest BCUT2D eigenvalue weighted by Crippen LogP contribution is 2.23. The zero-order valence-corrected chi connectivity index (χ0v) is 21.9. The number of nitrogens with one attached hydrogen (secondary N) is 1. The van der Waals surface area contributed by atoms with Crippen molar-refractivity contribution < 1.29 is 19.2 Å². The molecule has 0 bridgehead atoms. The number of fused-ring (bicyclic) bond motifs is 1. The molecular formula is C31H33N3O4. The van der Waals surface area contributed by atoms with Gasteiger partial charge in [0.15, 0.2) is 0 Å². The minimum absolute atomic E-state index is 0.101. The first-order valence-electron chi connectivity index (χ1n) is 13.0. The van der Waals surface area contributed by atoms with Crippen LogP contribution in [-0.2, 0) is 22.6 Å². The van der Waals surface area contributed by atoms with Crippen LogP contribution in [0.25, 0.3) is 0 Å². The minimum Gasteiger partial charge on any atom is -0.355 e. The minimum atomic E-state index is -0.705. The molecule has 3 aromatic rings. The molecule has 0 aliphatic carbocycles. The van der Waals surface area contributed by atoms with Crippen LogP contribution in [-0.4, -0.2) is 52.6 Å². The number of hydrogen-bond donors (Lipinski definition) is 1. The number of likely N-dealkylation sites (N-methyl/N-ethyl adjacent to an activating group) is 1. The fraction of sp³-hybridized carbons (Fsp3) is 0.290. The van der Waals surface area contributed by atoms with Gasteiger partial charge in [-0.3, -0.25) is 24.1 Å². The maximum absolute atomic E-state index is 13.7. The number of aryl methyl sites for hydroxylation is 1. The van der Waals surface area contributed by atoms with Gasteiger partial charge in [-0.1, -0.05) is 66.7 Å². The molecule has 0 radical (unpaired) electrons. The number of amides is 4. The van der Waals surface area contributed by atoms with Crippen molar-refractivity contribution in [2.45, 2.75) is 45.7 Å². The highest BCUT2D eigenvalue weighted by atomic mass is 16.2. The van der Waals surface area contributed by atoms with Crippen LogP contribution in [0.1, 0.15) is 57.2 Å². The Bertz CT molecular complexity index is 1290. The van der Waals surface area contributed by atoms with E-state index < -0.39 is 6.04 Å². The number of rotatable bonds is 11. The van der Waals surface area contributed by atoms with E-state index in [9.17, 15) is 19.2 Å². The first-order chi connectivity index (χ1) is 18.4. The molecule has 1 aliphatic rings. The molecule has 7 heteroatoms. The smallest absolute Gasteiger partial charge is 0.261 e. The molecule has 1 aliphatic heterocycles. The van der Waals surface area contributed by atoms with E-state index in [2.05, 4.69) is 5.32 Å². The quantitative estimate of drug-likeness (QED) is 0.392. The van der Waals surface area contributed by atoms with Gasteiger partial charge in [-0.15, -0.1) is 0 Å². The van der Waals surface area contributed by atoms with Gasteiger partial charge >= 0.3 is 0 Å². The van der Waals surface area contributed by atoms with Gasteiger partial charge in [-0.25, -0.2) is 0 Å². The van der Waals surface area contributed by atoms with Crippen LogP contribution >= 0.6 is 0 Å². The lowest BCUT2D eigenvalue weighted by atomic mass is 10.0. The second-order valence-corrected chi connectivity index (χ2v) is 9.46. The van der Waals surface area contributed by atoms with Crippen molar-refractivity contribution in [2.75, 3.05) is 13.1 Å². The largest absolute Gasteiger partial charge is 0.355 e. The van der Waals surface area contributed by atoms with Gasteiger partial charge in [0.25, 0.3) is 11.8 Å². The van der Waals surface area contributed by atoms with Gasteiger partial charge in [-0.05, 0) is 49.1 Å². The number of benzene rings is 3. The summed E-state index contributed by atoms with van der Waals surface area (Å²) < 4.78 is 0. The molecule has 3 aromatic carbocycles. The Morgan fingerprint density at radius 2 is 1.47 bits per heavy atom. The highest BCUT2D eigenvalue weighted by Gasteiger charge is 2.35. The molecule has 196 valence electrons. The van der Waals surface area contributed by atoms with Crippen molar-refractivity contribution in [1.82, 2.24) is 15.1 Å². The monoisotopic (exact) mass is 511 g/mol. The molecule has 4 amide bonds. The van der Waals surface area contributed by atoms with E-state index in [0.717, 1.165) is 16.7 Å². The second-order valence-electron chi connectivity index (χ2n) is 9.46. The molecule has 7 nitrogen and oxygen atoms in total. The normalized spacial score (nSPS) is 13.3. The Labute approximate surface area is 223 Å². The van der Waals surface area contributed by atoms with Crippen molar-refractivity contribution >= 4 is 23.6 Å². The van der Waals surface area contributed by atoms with Crippen molar-refractivity contribution in [3.8, 4) is 0 Å². The van der Waals surface area contributed by atoms with Crippen LogP contribution in [0.2, 0.25) is 0 Å². The summed E-state index contributed by atoms with van der Waals surface area (Å²) in [4.78, 5) is 55.3. The molecule has 0 saturated heterocycles. The molecule has 38 heavy (non-hydrogen) atoms. The summed E-state index contributed by atoms with van der Waals surface area (Å²) in [6.45, 7) is 4.72. The topological polar surface area (TPSA) is 86.8 Å². The maximum Gasteiger partial charge on any atom is 0.261 e. The number of carbonyl (C=O) groups is 4. The van der Waals surface area contributed by atoms with Crippen LogP contribution in [0.15, 0.2) is 78.9 Å².